The number of nitrogens with zero attached hydrogens (tertiary/aromatic N) is 1. The molecule has 4 fully saturated rings. The summed E-state index contributed by atoms with van der Waals surface area (Å²) >= 11 is 0. The summed E-state index contributed by atoms with van der Waals surface area (Å²) in [5.41, 5.74) is 3.63. The van der Waals surface area contributed by atoms with Crippen molar-refractivity contribution in [3.05, 3.63) is 91.0 Å². The minimum absolute atomic E-state index is 0.0149. The molecule has 2 aliphatic carbocycles. The average Bonchev–Trinajstić information content (AvgIpc) is 3.73. The van der Waals surface area contributed by atoms with Crippen molar-refractivity contribution < 1.29 is 33.3 Å². The molecule has 0 aromatic heterocycles. The fourth-order valence-corrected chi connectivity index (χ4v) is 13.5. The lowest BCUT2D eigenvalue weighted by Crippen LogP contribution is -2.69. The topological polar surface area (TPSA) is 108 Å². The molecule has 2 N–H and O–H groups in total. The molecule has 2 saturated heterocycles. The molecule has 3 aromatic rings. The first-order valence-corrected chi connectivity index (χ1v) is 21.1. The van der Waals surface area contributed by atoms with Crippen LogP contribution >= 0.6 is 0 Å². The van der Waals surface area contributed by atoms with Crippen LogP contribution in [0.25, 0.3) is 0 Å². The molecule has 2 heterocycles. The molecule has 2 spiro atoms. The minimum atomic E-state index is -3.21. The van der Waals surface area contributed by atoms with E-state index < -0.39 is 44.2 Å². The number of hydrogen-bond donors (Lipinski definition) is 2. The second kappa shape index (κ2) is 15.5. The zero-order chi connectivity index (χ0) is 36.2. The largest absolute Gasteiger partial charge is 0.477 e. The lowest BCUT2D eigenvalue weighted by atomic mass is 9.94. The molecule has 3 aromatic carbocycles. The molecular formula is C42H54N2O7Si. The van der Waals surface area contributed by atoms with Gasteiger partial charge in [-0.15, -0.1) is 0 Å². The average molecular weight is 727 g/mol. The number of carbonyl (C=O) groups is 1. The van der Waals surface area contributed by atoms with Crippen LogP contribution in [0.15, 0.2) is 96.1 Å². The van der Waals surface area contributed by atoms with Gasteiger partial charge >= 0.3 is 5.97 Å². The molecule has 9 nitrogen and oxygen atoms in total. The molecule has 10 heteroatoms. The van der Waals surface area contributed by atoms with Crippen molar-refractivity contribution in [2.75, 3.05) is 12.0 Å². The summed E-state index contributed by atoms with van der Waals surface area (Å²) in [7, 11) is -3.21. The first-order chi connectivity index (χ1) is 25.1. The Morgan fingerprint density at radius 1 is 0.808 bits per heavy atom. The van der Waals surface area contributed by atoms with Crippen molar-refractivity contribution in [1.29, 1.82) is 0 Å². The highest BCUT2D eigenvalue weighted by Crippen LogP contribution is 2.48. The predicted molar refractivity (Wildman–Crippen MR) is 204 cm³/mol. The quantitative estimate of drug-likeness (QED) is 0.120. The second-order valence-electron chi connectivity index (χ2n) is 15.9. The molecule has 2 aliphatic heterocycles. The molecule has 4 atom stereocenters. The third-order valence-corrected chi connectivity index (χ3v) is 16.4. The number of para-hydroxylation sites is 1. The highest BCUT2D eigenvalue weighted by Gasteiger charge is 2.60. The zero-order valence-electron chi connectivity index (χ0n) is 30.8. The van der Waals surface area contributed by atoms with Gasteiger partial charge in [0.15, 0.2) is 11.6 Å². The van der Waals surface area contributed by atoms with Crippen molar-refractivity contribution in [3.63, 3.8) is 0 Å². The van der Waals surface area contributed by atoms with E-state index in [1.54, 1.807) is 0 Å². The van der Waals surface area contributed by atoms with Gasteiger partial charge in [0.2, 0.25) is 0 Å². The second-order valence-corrected chi connectivity index (χ2v) is 20.2. The van der Waals surface area contributed by atoms with Crippen LogP contribution in [0.2, 0.25) is 5.04 Å². The molecule has 0 bridgehead atoms. The number of carboxylic acid groups (broad SMARTS) is 1. The maximum atomic E-state index is 13.1. The first-order valence-electron chi connectivity index (χ1n) is 19.2. The third kappa shape index (κ3) is 7.65. The summed E-state index contributed by atoms with van der Waals surface area (Å²) in [5.74, 6) is -2.53. The maximum absolute atomic E-state index is 13.1. The predicted octanol–water partition coefficient (Wildman–Crippen LogP) is 7.39. The van der Waals surface area contributed by atoms with Crippen molar-refractivity contribution in [3.8, 4) is 0 Å². The Morgan fingerprint density at radius 3 is 1.88 bits per heavy atom. The summed E-state index contributed by atoms with van der Waals surface area (Å²) in [6.45, 7) is 7.08. The van der Waals surface area contributed by atoms with Crippen molar-refractivity contribution in [2.45, 2.75) is 132 Å². The number of ether oxygens (including phenoxy) is 4. The van der Waals surface area contributed by atoms with Crippen molar-refractivity contribution >= 4 is 36.1 Å². The van der Waals surface area contributed by atoms with Crippen LogP contribution in [0.3, 0.4) is 0 Å². The van der Waals surface area contributed by atoms with Gasteiger partial charge in [0, 0.05) is 32.1 Å². The van der Waals surface area contributed by atoms with Crippen LogP contribution in [0.4, 0.5) is 5.69 Å². The van der Waals surface area contributed by atoms with Crippen molar-refractivity contribution in [1.82, 2.24) is 0 Å². The summed E-state index contributed by atoms with van der Waals surface area (Å²) in [5, 5.41) is 17.0. The SMILES string of the molecule is CC(C)(C)[Si](O[C@@H](C/C(=N/Nc1ccccc1)C(=O)O)[C@@H]1OC2(CCCCC2)O[C@@H]1[C@H]1COC2(CCCCC2)O1)(c1ccccc1)c1ccccc1. The molecule has 0 amide bonds. The Labute approximate surface area is 309 Å². The van der Waals surface area contributed by atoms with Gasteiger partial charge in [-0.1, -0.05) is 112 Å². The summed E-state index contributed by atoms with van der Waals surface area (Å²) in [6.07, 6.45) is 7.33. The van der Waals surface area contributed by atoms with Crippen LogP contribution in [-0.4, -0.2) is 67.7 Å². The highest BCUT2D eigenvalue weighted by atomic mass is 28.4. The standard InChI is InChI=1S/C42H54N2O7Si/c1-40(2,3)52(32-21-11-5-12-22-32,33-23-13-6-14-24-33)51-35(29-34(39(45)46)44-43-31-19-9-4-10-20-31)37-38(50-42(49-37)27-17-8-18-28-42)36-30-47-41(48-36)25-15-7-16-26-41/h4-6,9-14,19-24,35-38,43H,7-8,15-18,25-30H2,1-3H3,(H,45,46)/b44-34-/t35-,36+,37-,38+/m0/s1. The number of rotatable bonds is 11. The lowest BCUT2D eigenvalue weighted by molar-refractivity contribution is -0.217. The molecular weight excluding hydrogens is 673 g/mol. The van der Waals surface area contributed by atoms with E-state index in [0.717, 1.165) is 68.2 Å². The Balaban J connectivity index is 1.34. The Kier molecular flexibility index (Phi) is 11.0. The lowest BCUT2D eigenvalue weighted by Gasteiger charge is -2.46. The number of hydrogen-bond acceptors (Lipinski definition) is 8. The third-order valence-electron chi connectivity index (χ3n) is 11.3. The monoisotopic (exact) mass is 726 g/mol. The van der Waals surface area contributed by atoms with E-state index in [4.69, 9.17) is 23.4 Å². The van der Waals surface area contributed by atoms with Gasteiger partial charge in [0.05, 0.1) is 18.4 Å². The van der Waals surface area contributed by atoms with Gasteiger partial charge in [0.25, 0.3) is 8.32 Å². The smallest absolute Gasteiger partial charge is 0.352 e. The van der Waals surface area contributed by atoms with E-state index >= 15 is 0 Å². The number of anilines is 1. The number of nitrogens with one attached hydrogen (secondary N) is 1. The molecule has 0 unspecified atom stereocenters. The molecule has 4 aliphatic rings. The number of aliphatic carboxylic acids is 1. The Morgan fingerprint density at radius 2 is 1.35 bits per heavy atom. The Bertz CT molecular complexity index is 1610. The van der Waals surface area contributed by atoms with Gasteiger partial charge in [-0.25, -0.2) is 4.79 Å². The van der Waals surface area contributed by atoms with E-state index in [-0.39, 0.29) is 23.3 Å². The molecule has 52 heavy (non-hydrogen) atoms. The number of carboxylic acids is 1. The summed E-state index contributed by atoms with van der Waals surface area (Å²) < 4.78 is 35.5. The Hall–Kier alpha value is -3.38. The normalized spacial score (nSPS) is 25.3. The molecule has 278 valence electrons. The number of benzene rings is 3. The first kappa shape index (κ1) is 37.0. The summed E-state index contributed by atoms with van der Waals surface area (Å²) in [6, 6.07) is 30.3. The van der Waals surface area contributed by atoms with Gasteiger partial charge in [0.1, 0.15) is 24.0 Å². The fraction of sp³-hybridized carbons (Fsp3) is 0.524. The van der Waals surface area contributed by atoms with Crippen LogP contribution in [0, 0.1) is 0 Å². The minimum Gasteiger partial charge on any atom is -0.477 e. The number of hydrazone groups is 1. The van der Waals surface area contributed by atoms with E-state index in [9.17, 15) is 9.90 Å². The maximum Gasteiger partial charge on any atom is 0.352 e. The molecule has 2 saturated carbocycles. The van der Waals surface area contributed by atoms with E-state index in [2.05, 4.69) is 79.8 Å². The van der Waals surface area contributed by atoms with E-state index in [0.29, 0.717) is 12.3 Å². The van der Waals surface area contributed by atoms with Crippen molar-refractivity contribution in [2.24, 2.45) is 5.10 Å². The van der Waals surface area contributed by atoms with E-state index in [1.165, 1.54) is 6.42 Å². The molecule has 7 rings (SSSR count). The van der Waals surface area contributed by atoms with E-state index in [1.807, 2.05) is 42.5 Å². The zero-order valence-corrected chi connectivity index (χ0v) is 31.8. The van der Waals surface area contributed by atoms with Gasteiger partial charge < -0.3 is 28.5 Å². The van der Waals surface area contributed by atoms with Gasteiger partial charge in [-0.3, -0.25) is 5.43 Å². The van der Waals surface area contributed by atoms with Gasteiger partial charge in [-0.05, 0) is 53.2 Å². The highest BCUT2D eigenvalue weighted by molar-refractivity contribution is 6.99. The van der Waals surface area contributed by atoms with Crippen LogP contribution < -0.4 is 15.8 Å². The molecule has 0 radical (unpaired) electrons. The fourth-order valence-electron chi connectivity index (χ4n) is 8.81. The van der Waals surface area contributed by atoms with Crippen LogP contribution in [-0.2, 0) is 28.2 Å². The summed E-state index contributed by atoms with van der Waals surface area (Å²) in [4.78, 5) is 13.1. The van der Waals surface area contributed by atoms with Gasteiger partial charge in [-0.2, -0.15) is 5.10 Å². The van der Waals surface area contributed by atoms with Crippen LogP contribution in [0.1, 0.15) is 91.4 Å². The van der Waals surface area contributed by atoms with Crippen LogP contribution in [0.5, 0.6) is 0 Å².